The average molecular weight is 665 g/mol. The summed E-state index contributed by atoms with van der Waals surface area (Å²) >= 11 is 0. The molecule has 0 bridgehead atoms. The number of fused-ring (bicyclic) bond motifs is 4. The minimum Gasteiger partial charge on any atom is -0.435 e. The first kappa shape index (κ1) is 29.9. The molecule has 0 aliphatic rings. The minimum absolute atomic E-state index is 0.618. The summed E-state index contributed by atoms with van der Waals surface area (Å²) in [6.45, 7) is 0. The monoisotopic (exact) mass is 664 g/mol. The highest BCUT2D eigenvalue weighted by Gasteiger charge is 2.16. The molecular formula is C49H32N2O. The van der Waals surface area contributed by atoms with Crippen LogP contribution in [0.3, 0.4) is 0 Å². The molecule has 0 unspecified atom stereocenters. The van der Waals surface area contributed by atoms with Crippen molar-refractivity contribution in [2.75, 3.05) is 0 Å². The zero-order chi connectivity index (χ0) is 34.4. The second-order valence-electron chi connectivity index (χ2n) is 13.1. The molecule has 0 N–H and O–H groups in total. The van der Waals surface area contributed by atoms with Gasteiger partial charge >= 0.3 is 0 Å². The largest absolute Gasteiger partial charge is 0.435 e. The molecule has 52 heavy (non-hydrogen) atoms. The summed E-state index contributed by atoms with van der Waals surface area (Å²) in [6, 6.07) is 68.7. The topological polar surface area (TPSA) is 31.0 Å². The molecule has 0 aliphatic carbocycles. The Labute approximate surface area is 301 Å². The van der Waals surface area contributed by atoms with Gasteiger partial charge in [-0.1, -0.05) is 152 Å². The smallest absolute Gasteiger partial charge is 0.227 e. The highest BCUT2D eigenvalue weighted by Crippen LogP contribution is 2.40. The Kier molecular flexibility index (Phi) is 7.14. The van der Waals surface area contributed by atoms with E-state index in [0.717, 1.165) is 39.0 Å². The number of para-hydroxylation sites is 3. The van der Waals surface area contributed by atoms with E-state index in [0.29, 0.717) is 5.89 Å². The Hall–Kier alpha value is -6.97. The van der Waals surface area contributed by atoms with Gasteiger partial charge in [-0.2, -0.15) is 0 Å². The number of aromatic nitrogens is 2. The van der Waals surface area contributed by atoms with Crippen LogP contribution in [0.5, 0.6) is 0 Å². The van der Waals surface area contributed by atoms with Crippen molar-refractivity contribution in [2.45, 2.75) is 0 Å². The predicted octanol–water partition coefficient (Wildman–Crippen LogP) is 13.3. The zero-order valence-electron chi connectivity index (χ0n) is 28.3. The number of hydrogen-bond acceptors (Lipinski definition) is 2. The molecule has 0 amide bonds. The molecule has 0 atom stereocenters. The molecule has 0 aliphatic heterocycles. The van der Waals surface area contributed by atoms with Crippen LogP contribution in [-0.4, -0.2) is 9.55 Å². The molecule has 0 saturated carbocycles. The normalized spacial score (nSPS) is 11.5. The summed E-state index contributed by atoms with van der Waals surface area (Å²) in [5.74, 6) is 0.618. The SMILES string of the molecule is c1ccc(-c2cccc3nc(-c4ccc(-c5ccccc5-c5ccccc5-c5ccc(-n6c7ccccc7c7ccccc76)cc5)cc4)oc23)cc1. The Morgan fingerprint density at radius 3 is 1.42 bits per heavy atom. The third-order valence-electron chi connectivity index (χ3n) is 10.1. The molecule has 0 saturated heterocycles. The lowest BCUT2D eigenvalue weighted by Crippen LogP contribution is -1.94. The maximum Gasteiger partial charge on any atom is 0.227 e. The molecule has 2 heterocycles. The van der Waals surface area contributed by atoms with Gasteiger partial charge < -0.3 is 8.98 Å². The summed E-state index contributed by atoms with van der Waals surface area (Å²) in [6.07, 6.45) is 0. The second-order valence-corrected chi connectivity index (χ2v) is 13.1. The van der Waals surface area contributed by atoms with E-state index < -0.39 is 0 Å². The zero-order valence-corrected chi connectivity index (χ0v) is 28.3. The van der Waals surface area contributed by atoms with Gasteiger partial charge in [-0.05, 0) is 81.4 Å². The van der Waals surface area contributed by atoms with Crippen molar-refractivity contribution in [1.82, 2.24) is 9.55 Å². The quantitative estimate of drug-likeness (QED) is 0.177. The number of oxazole rings is 1. The fraction of sp³-hybridized carbons (Fsp3) is 0. The lowest BCUT2D eigenvalue weighted by molar-refractivity contribution is 0.621. The van der Waals surface area contributed by atoms with Crippen LogP contribution in [0.2, 0.25) is 0 Å². The van der Waals surface area contributed by atoms with Crippen LogP contribution in [0.1, 0.15) is 0 Å². The second kappa shape index (κ2) is 12.4. The maximum absolute atomic E-state index is 6.40. The molecule has 10 aromatic rings. The first-order chi connectivity index (χ1) is 25.8. The van der Waals surface area contributed by atoms with Crippen molar-refractivity contribution >= 4 is 32.9 Å². The van der Waals surface area contributed by atoms with Crippen LogP contribution in [0.4, 0.5) is 0 Å². The Morgan fingerprint density at radius 1 is 0.346 bits per heavy atom. The Morgan fingerprint density at radius 2 is 0.808 bits per heavy atom. The van der Waals surface area contributed by atoms with Crippen molar-refractivity contribution in [3.63, 3.8) is 0 Å². The summed E-state index contributed by atoms with van der Waals surface area (Å²) in [7, 11) is 0. The molecule has 2 aromatic heterocycles. The first-order valence-electron chi connectivity index (χ1n) is 17.6. The number of hydrogen-bond donors (Lipinski definition) is 0. The Balaban J connectivity index is 0.999. The van der Waals surface area contributed by atoms with E-state index in [1.54, 1.807) is 0 Å². The number of benzene rings is 8. The summed E-state index contributed by atoms with van der Waals surface area (Å²) in [5.41, 5.74) is 15.4. The van der Waals surface area contributed by atoms with Gasteiger partial charge in [0.05, 0.1) is 11.0 Å². The van der Waals surface area contributed by atoms with Gasteiger partial charge in [0.15, 0.2) is 5.58 Å². The van der Waals surface area contributed by atoms with Crippen molar-refractivity contribution in [3.05, 3.63) is 194 Å². The van der Waals surface area contributed by atoms with Crippen molar-refractivity contribution in [1.29, 1.82) is 0 Å². The molecule has 3 heteroatoms. The van der Waals surface area contributed by atoms with Crippen molar-refractivity contribution < 1.29 is 4.42 Å². The number of rotatable bonds is 6. The van der Waals surface area contributed by atoms with Crippen LogP contribution in [0.25, 0.3) is 94.6 Å². The van der Waals surface area contributed by atoms with Crippen LogP contribution >= 0.6 is 0 Å². The fourth-order valence-corrected chi connectivity index (χ4v) is 7.64. The van der Waals surface area contributed by atoms with Gasteiger partial charge in [0, 0.05) is 27.6 Å². The van der Waals surface area contributed by atoms with E-state index in [2.05, 4.69) is 168 Å². The van der Waals surface area contributed by atoms with Crippen LogP contribution in [0.15, 0.2) is 199 Å². The predicted molar refractivity (Wildman–Crippen MR) is 216 cm³/mol. The molecule has 8 aromatic carbocycles. The minimum atomic E-state index is 0.618. The highest BCUT2D eigenvalue weighted by atomic mass is 16.3. The molecule has 0 radical (unpaired) electrons. The average Bonchev–Trinajstić information content (AvgIpc) is 3.81. The maximum atomic E-state index is 6.40. The fourth-order valence-electron chi connectivity index (χ4n) is 7.64. The van der Waals surface area contributed by atoms with E-state index in [9.17, 15) is 0 Å². The lowest BCUT2D eigenvalue weighted by Gasteiger charge is -2.15. The van der Waals surface area contributed by atoms with Crippen LogP contribution in [-0.2, 0) is 0 Å². The van der Waals surface area contributed by atoms with Gasteiger partial charge in [0.1, 0.15) is 5.52 Å². The van der Waals surface area contributed by atoms with Gasteiger partial charge in [0.2, 0.25) is 5.89 Å². The third kappa shape index (κ3) is 5.02. The molecule has 244 valence electrons. The van der Waals surface area contributed by atoms with Gasteiger partial charge in [0.25, 0.3) is 0 Å². The third-order valence-corrected chi connectivity index (χ3v) is 10.1. The van der Waals surface area contributed by atoms with Gasteiger partial charge in [-0.3, -0.25) is 0 Å². The summed E-state index contributed by atoms with van der Waals surface area (Å²) in [4.78, 5) is 4.87. The van der Waals surface area contributed by atoms with Crippen LogP contribution in [0, 0.1) is 0 Å². The molecule has 0 spiro atoms. The molecule has 3 nitrogen and oxygen atoms in total. The lowest BCUT2D eigenvalue weighted by atomic mass is 9.89. The van der Waals surface area contributed by atoms with Gasteiger partial charge in [-0.15, -0.1) is 0 Å². The molecule has 10 rings (SSSR count). The summed E-state index contributed by atoms with van der Waals surface area (Å²) in [5, 5.41) is 2.53. The van der Waals surface area contributed by atoms with Gasteiger partial charge in [-0.25, -0.2) is 4.98 Å². The molecule has 0 fully saturated rings. The standard InChI is InChI=1S/C49H32N2O/c1-2-13-33(14-3-1)40-21-12-22-45-48(40)52-49(50-45)36-27-25-34(26-28-36)38-15-4-6-17-41(38)42-18-7-5-16-39(42)35-29-31-37(32-30-35)51-46-23-10-8-19-43(46)44-20-9-11-24-47(44)51/h1-32H. The Bertz CT molecular complexity index is 2830. The highest BCUT2D eigenvalue weighted by molar-refractivity contribution is 6.09. The van der Waals surface area contributed by atoms with Crippen molar-refractivity contribution in [2.24, 2.45) is 0 Å². The van der Waals surface area contributed by atoms with E-state index >= 15 is 0 Å². The molecular weight excluding hydrogens is 633 g/mol. The number of nitrogens with zero attached hydrogens (tertiary/aromatic N) is 2. The summed E-state index contributed by atoms with van der Waals surface area (Å²) < 4.78 is 8.77. The first-order valence-corrected chi connectivity index (χ1v) is 17.6. The van der Waals surface area contributed by atoms with Crippen LogP contribution < -0.4 is 0 Å². The van der Waals surface area contributed by atoms with E-state index in [-0.39, 0.29) is 0 Å². The van der Waals surface area contributed by atoms with Crippen molar-refractivity contribution in [3.8, 4) is 61.6 Å². The van der Waals surface area contributed by atoms with E-state index in [1.165, 1.54) is 49.6 Å². The van der Waals surface area contributed by atoms with E-state index in [1.807, 2.05) is 30.3 Å². The van der Waals surface area contributed by atoms with E-state index in [4.69, 9.17) is 9.40 Å².